The Hall–Kier alpha value is -0.800. The molecule has 1 rings (SSSR count). The van der Waals surface area contributed by atoms with Gasteiger partial charge >= 0.3 is 0 Å². The molecular weight excluding hydrogens is 210 g/mol. The van der Waals surface area contributed by atoms with Gasteiger partial charge in [0.1, 0.15) is 0 Å². The smallest absolute Gasteiger partial charge is 0.198 e. The summed E-state index contributed by atoms with van der Waals surface area (Å²) in [5.41, 5.74) is 6.71. The van der Waals surface area contributed by atoms with E-state index >= 15 is 0 Å². The molecule has 0 aliphatic rings. The van der Waals surface area contributed by atoms with Crippen molar-refractivity contribution >= 4 is 12.4 Å². The number of aromatic nitrogens is 2. The van der Waals surface area contributed by atoms with E-state index in [0.29, 0.717) is 0 Å². The molecule has 0 saturated heterocycles. The van der Waals surface area contributed by atoms with Gasteiger partial charge in [0.2, 0.25) is 0 Å². The molecule has 1 aromatic rings. The van der Waals surface area contributed by atoms with Gasteiger partial charge in [-0.3, -0.25) is 0 Å². The van der Waals surface area contributed by atoms with E-state index in [0.717, 1.165) is 19.5 Å². The second kappa shape index (κ2) is 9.74. The van der Waals surface area contributed by atoms with Crippen molar-refractivity contribution in [1.82, 2.24) is 4.68 Å². The van der Waals surface area contributed by atoms with Crippen LogP contribution in [0.4, 0.5) is 0 Å². The van der Waals surface area contributed by atoms with E-state index in [4.69, 9.17) is 5.73 Å². The number of nitrogens with zero attached hydrogens (tertiary/aromatic N) is 2. The zero-order chi connectivity index (χ0) is 11.0. The van der Waals surface area contributed by atoms with Gasteiger partial charge in [-0.1, -0.05) is 6.08 Å². The molecule has 0 aromatic carbocycles. The monoisotopic (exact) mass is 232 g/mol. The normalized spacial score (nSPS) is 8.53. The van der Waals surface area contributed by atoms with Crippen LogP contribution >= 0.6 is 12.4 Å². The highest BCUT2D eigenvalue weighted by molar-refractivity contribution is 5.85. The molecule has 0 amide bonds. The van der Waals surface area contributed by atoms with Gasteiger partial charge in [0.15, 0.2) is 13.2 Å². The Balaban J connectivity index is 0. The molecule has 15 heavy (non-hydrogen) atoms. The van der Waals surface area contributed by atoms with Gasteiger partial charge in [-0.2, -0.15) is 4.68 Å². The molecule has 1 heterocycles. The first-order valence-electron chi connectivity index (χ1n) is 4.95. The molecule has 0 bridgehead atoms. The summed E-state index contributed by atoms with van der Waals surface area (Å²) in [6, 6.07) is 0. The molecule has 0 aliphatic heterocycles. The molecule has 4 heteroatoms. The predicted octanol–water partition coefficient (Wildman–Crippen LogP) is 1.58. The maximum atomic E-state index is 5.41. The molecule has 0 spiro atoms. The number of allylic oxidation sites excluding steroid dienone is 1. The third-order valence-corrected chi connectivity index (χ3v) is 1.74. The van der Waals surface area contributed by atoms with E-state index in [1.54, 1.807) is 6.08 Å². The molecule has 2 N–H and O–H groups in total. The van der Waals surface area contributed by atoms with Gasteiger partial charge in [0, 0.05) is 5.56 Å². The third-order valence-electron chi connectivity index (χ3n) is 1.74. The fourth-order valence-corrected chi connectivity index (χ4v) is 1.20. The maximum absolute atomic E-state index is 5.41. The Kier molecular flexibility index (Phi) is 10.8. The Morgan fingerprint density at radius 1 is 1.60 bits per heavy atom. The third kappa shape index (κ3) is 7.17. The maximum Gasteiger partial charge on any atom is 0.198 e. The van der Waals surface area contributed by atoms with Crippen LogP contribution in [0.15, 0.2) is 25.0 Å². The molecule has 0 radical (unpaired) electrons. The number of hydrogen-bond acceptors (Lipinski definition) is 1. The lowest BCUT2D eigenvalue weighted by Crippen LogP contribution is -2.38. The van der Waals surface area contributed by atoms with Crippen molar-refractivity contribution in [3.05, 3.63) is 30.6 Å². The zero-order valence-corrected chi connectivity index (χ0v) is 10.8. The predicted molar refractivity (Wildman–Crippen MR) is 67.1 cm³/mol. The van der Waals surface area contributed by atoms with Crippen LogP contribution in [0, 0.1) is 6.92 Å². The van der Waals surface area contributed by atoms with Crippen LogP contribution in [0.2, 0.25) is 0 Å². The quantitative estimate of drug-likeness (QED) is 0.624. The number of nitrogens with two attached hydrogens (primary N) is 1. The SMILES string of the molecule is C=CC.Cc1cn(CCCN)[n+](C)c1.Cl. The molecular formula is C11H23ClN3+. The van der Waals surface area contributed by atoms with E-state index in [1.807, 2.05) is 14.0 Å². The van der Waals surface area contributed by atoms with Gasteiger partial charge in [-0.15, -0.1) is 23.7 Å². The Labute approximate surface area is 99.0 Å². The van der Waals surface area contributed by atoms with Gasteiger partial charge < -0.3 is 5.73 Å². The zero-order valence-electron chi connectivity index (χ0n) is 9.94. The molecule has 3 nitrogen and oxygen atoms in total. The van der Waals surface area contributed by atoms with Gasteiger partial charge in [0.25, 0.3) is 0 Å². The van der Waals surface area contributed by atoms with Crippen molar-refractivity contribution in [2.24, 2.45) is 12.8 Å². The van der Waals surface area contributed by atoms with Crippen LogP contribution in [-0.2, 0) is 13.6 Å². The summed E-state index contributed by atoms with van der Waals surface area (Å²) in [4.78, 5) is 0. The first-order chi connectivity index (χ1) is 6.65. The average molecular weight is 233 g/mol. The molecule has 0 saturated carbocycles. The summed E-state index contributed by atoms with van der Waals surface area (Å²) in [5.74, 6) is 0. The summed E-state index contributed by atoms with van der Waals surface area (Å²) in [7, 11) is 2.05. The van der Waals surface area contributed by atoms with Crippen LogP contribution in [-0.4, -0.2) is 11.2 Å². The minimum Gasteiger partial charge on any atom is -0.330 e. The van der Waals surface area contributed by atoms with Crippen molar-refractivity contribution < 1.29 is 4.68 Å². The summed E-state index contributed by atoms with van der Waals surface area (Å²) in [6.45, 7) is 9.12. The van der Waals surface area contributed by atoms with E-state index in [2.05, 4.69) is 35.3 Å². The summed E-state index contributed by atoms with van der Waals surface area (Å²) in [6.07, 6.45) is 7.04. The number of rotatable bonds is 3. The lowest BCUT2D eigenvalue weighted by molar-refractivity contribution is -0.753. The molecule has 0 unspecified atom stereocenters. The van der Waals surface area contributed by atoms with Gasteiger partial charge in [-0.25, -0.2) is 0 Å². The van der Waals surface area contributed by atoms with E-state index in [9.17, 15) is 0 Å². The van der Waals surface area contributed by atoms with Crippen molar-refractivity contribution in [3.8, 4) is 0 Å². The minimum absolute atomic E-state index is 0. The number of hydrogen-bond donors (Lipinski definition) is 1. The Morgan fingerprint density at radius 3 is 2.47 bits per heavy atom. The van der Waals surface area contributed by atoms with Gasteiger partial charge in [0.05, 0.1) is 12.7 Å². The highest BCUT2D eigenvalue weighted by Crippen LogP contribution is 1.92. The fraction of sp³-hybridized carbons (Fsp3) is 0.545. The van der Waals surface area contributed by atoms with E-state index in [-0.39, 0.29) is 12.4 Å². The lowest BCUT2D eigenvalue weighted by atomic mass is 10.4. The first kappa shape index (κ1) is 16.6. The van der Waals surface area contributed by atoms with E-state index in [1.165, 1.54) is 5.56 Å². The van der Waals surface area contributed by atoms with Crippen molar-refractivity contribution in [3.63, 3.8) is 0 Å². The molecule has 0 aliphatic carbocycles. The van der Waals surface area contributed by atoms with Crippen LogP contribution in [0.1, 0.15) is 18.9 Å². The topological polar surface area (TPSA) is 34.8 Å². The fourth-order valence-electron chi connectivity index (χ4n) is 1.20. The lowest BCUT2D eigenvalue weighted by Gasteiger charge is -1.96. The molecule has 88 valence electrons. The highest BCUT2D eigenvalue weighted by Gasteiger charge is 2.03. The number of halogens is 1. The Morgan fingerprint density at radius 2 is 2.13 bits per heavy atom. The van der Waals surface area contributed by atoms with Crippen LogP contribution in [0.3, 0.4) is 0 Å². The second-order valence-electron chi connectivity index (χ2n) is 3.29. The second-order valence-corrected chi connectivity index (χ2v) is 3.29. The first-order valence-corrected chi connectivity index (χ1v) is 4.95. The van der Waals surface area contributed by atoms with Crippen molar-refractivity contribution in [1.29, 1.82) is 0 Å². The van der Waals surface area contributed by atoms with Gasteiger partial charge in [-0.05, 0) is 26.8 Å². The van der Waals surface area contributed by atoms with Crippen LogP contribution in [0.25, 0.3) is 0 Å². The Bertz CT molecular complexity index is 269. The van der Waals surface area contributed by atoms with Crippen molar-refractivity contribution in [2.75, 3.05) is 6.54 Å². The summed E-state index contributed by atoms with van der Waals surface area (Å²) >= 11 is 0. The highest BCUT2D eigenvalue weighted by atomic mass is 35.5. The van der Waals surface area contributed by atoms with Crippen LogP contribution < -0.4 is 10.4 Å². The number of aryl methyl sites for hydroxylation is 3. The van der Waals surface area contributed by atoms with E-state index < -0.39 is 0 Å². The standard InChI is InChI=1S/C8H16N3.C3H6.ClH/c1-8-6-10(2)11(7-8)5-3-4-9;1-3-2;/h6-7H,3-5,9H2,1-2H3;3H,1H2,2H3;1H/q+1;;. The van der Waals surface area contributed by atoms with Crippen molar-refractivity contribution in [2.45, 2.75) is 26.8 Å². The molecule has 0 atom stereocenters. The summed E-state index contributed by atoms with van der Waals surface area (Å²) in [5, 5.41) is 0. The molecule has 1 aromatic heterocycles. The average Bonchev–Trinajstić information content (AvgIpc) is 2.43. The molecule has 0 fully saturated rings. The van der Waals surface area contributed by atoms with Crippen LogP contribution in [0.5, 0.6) is 0 Å². The minimum atomic E-state index is 0. The largest absolute Gasteiger partial charge is 0.330 e. The summed E-state index contributed by atoms with van der Waals surface area (Å²) < 4.78 is 4.26.